The second-order valence-corrected chi connectivity index (χ2v) is 3.40. The fourth-order valence-electron chi connectivity index (χ4n) is 1.75. The third-order valence-corrected chi connectivity index (χ3v) is 2.46. The first kappa shape index (κ1) is 10.4. The first-order chi connectivity index (χ1) is 6.93. The summed E-state index contributed by atoms with van der Waals surface area (Å²) in [5.41, 5.74) is 2.38. The molecule has 2 aromatic carbocycles. The van der Waals surface area contributed by atoms with Crippen molar-refractivity contribution in [1.29, 1.82) is 0 Å². The minimum absolute atomic E-state index is 0. The Kier molecular flexibility index (Phi) is 2.88. The van der Waals surface area contributed by atoms with Crippen LogP contribution in [0.25, 0.3) is 0 Å². The summed E-state index contributed by atoms with van der Waals surface area (Å²) in [5.74, 6) is 1.91. The average Bonchev–Trinajstić information content (AvgIpc) is 2.26. The Morgan fingerprint density at radius 2 is 1.80 bits per heavy atom. The van der Waals surface area contributed by atoms with E-state index in [0.29, 0.717) is 0 Å². The number of rotatable bonds is 0. The van der Waals surface area contributed by atoms with Gasteiger partial charge in [0.15, 0.2) is 0 Å². The quantitative estimate of drug-likeness (QED) is 0.455. The Labute approximate surface area is 102 Å². The normalized spacial score (nSPS) is 11.7. The van der Waals surface area contributed by atoms with Crippen molar-refractivity contribution in [3.05, 3.63) is 59.7 Å². The molecule has 0 saturated carbocycles. The molecule has 0 fully saturated rings. The van der Waals surface area contributed by atoms with Gasteiger partial charge in [0.1, 0.15) is 5.75 Å². The van der Waals surface area contributed by atoms with E-state index in [9.17, 15) is 0 Å². The SMILES string of the molecule is [Rh].[c-]1cccc2c1Cc1ccccc1O2. The van der Waals surface area contributed by atoms with Crippen LogP contribution in [0.1, 0.15) is 11.1 Å². The van der Waals surface area contributed by atoms with Crippen LogP contribution < -0.4 is 4.74 Å². The summed E-state index contributed by atoms with van der Waals surface area (Å²) in [6.07, 6.45) is 0.923. The number of hydrogen-bond acceptors (Lipinski definition) is 1. The topological polar surface area (TPSA) is 9.23 Å². The zero-order chi connectivity index (χ0) is 9.38. The molecule has 0 aliphatic carbocycles. The molecule has 1 aliphatic rings. The summed E-state index contributed by atoms with van der Waals surface area (Å²) in [6.45, 7) is 0. The summed E-state index contributed by atoms with van der Waals surface area (Å²) < 4.78 is 5.75. The maximum atomic E-state index is 5.75. The molecule has 1 heterocycles. The third-order valence-electron chi connectivity index (χ3n) is 2.46. The molecule has 0 N–H and O–H groups in total. The number of para-hydroxylation sites is 1. The molecular formula is C13H9ORh-. The van der Waals surface area contributed by atoms with Crippen LogP contribution in [0.2, 0.25) is 0 Å². The van der Waals surface area contributed by atoms with Gasteiger partial charge in [-0.15, -0.1) is 11.6 Å². The first-order valence-corrected chi connectivity index (χ1v) is 4.69. The molecule has 3 rings (SSSR count). The molecule has 0 unspecified atom stereocenters. The molecule has 15 heavy (non-hydrogen) atoms. The van der Waals surface area contributed by atoms with Crippen LogP contribution in [0.5, 0.6) is 11.5 Å². The van der Waals surface area contributed by atoms with Crippen molar-refractivity contribution in [2.24, 2.45) is 0 Å². The average molecular weight is 284 g/mol. The summed E-state index contributed by atoms with van der Waals surface area (Å²) in [7, 11) is 0. The molecule has 0 bridgehead atoms. The molecular weight excluding hydrogens is 275 g/mol. The molecule has 0 aromatic heterocycles. The van der Waals surface area contributed by atoms with Crippen LogP contribution in [-0.2, 0) is 25.9 Å². The van der Waals surface area contributed by atoms with Gasteiger partial charge in [-0.05, 0) is 18.1 Å². The van der Waals surface area contributed by atoms with E-state index in [1.165, 1.54) is 5.56 Å². The Morgan fingerprint density at radius 3 is 2.73 bits per heavy atom. The first-order valence-electron chi connectivity index (χ1n) is 4.69. The summed E-state index contributed by atoms with van der Waals surface area (Å²) in [5, 5.41) is 0. The fourth-order valence-corrected chi connectivity index (χ4v) is 1.75. The molecule has 0 atom stereocenters. The van der Waals surface area contributed by atoms with Crippen molar-refractivity contribution in [2.75, 3.05) is 0 Å². The Hall–Kier alpha value is -1.14. The maximum Gasteiger partial charge on any atom is 0.114 e. The van der Waals surface area contributed by atoms with Crippen molar-refractivity contribution in [3.63, 3.8) is 0 Å². The zero-order valence-electron chi connectivity index (χ0n) is 7.99. The second-order valence-electron chi connectivity index (χ2n) is 3.40. The molecule has 0 amide bonds. The van der Waals surface area contributed by atoms with E-state index in [4.69, 9.17) is 4.74 Å². The summed E-state index contributed by atoms with van der Waals surface area (Å²) in [4.78, 5) is 0. The van der Waals surface area contributed by atoms with Gasteiger partial charge in [0.05, 0.1) is 0 Å². The van der Waals surface area contributed by atoms with E-state index < -0.39 is 0 Å². The fraction of sp³-hybridized carbons (Fsp3) is 0.0769. The molecule has 77 valence electrons. The van der Waals surface area contributed by atoms with Crippen molar-refractivity contribution in [3.8, 4) is 11.5 Å². The molecule has 0 saturated heterocycles. The number of hydrogen-bond donors (Lipinski definition) is 0. The predicted molar refractivity (Wildman–Crippen MR) is 54.6 cm³/mol. The van der Waals surface area contributed by atoms with E-state index in [-0.39, 0.29) is 19.5 Å². The van der Waals surface area contributed by atoms with Crippen LogP contribution in [-0.4, -0.2) is 0 Å². The van der Waals surface area contributed by atoms with Crippen LogP contribution in [0.3, 0.4) is 0 Å². The standard InChI is InChI=1S/C13H9O.Rh/c1-3-7-12-10(5-1)9-11-6-2-4-8-13(11)14-12;/h1-5,7-8H,9H2;/q-1;. The molecule has 0 spiro atoms. The molecule has 1 aliphatic heterocycles. The van der Waals surface area contributed by atoms with E-state index in [1.807, 2.05) is 36.4 Å². The van der Waals surface area contributed by atoms with Gasteiger partial charge in [0, 0.05) is 25.2 Å². The molecule has 2 aromatic rings. The van der Waals surface area contributed by atoms with E-state index in [2.05, 4.69) is 12.1 Å². The van der Waals surface area contributed by atoms with Gasteiger partial charge in [-0.2, -0.15) is 18.2 Å². The third kappa shape index (κ3) is 1.82. The van der Waals surface area contributed by atoms with E-state index in [1.54, 1.807) is 0 Å². The van der Waals surface area contributed by atoms with E-state index in [0.717, 1.165) is 23.5 Å². The van der Waals surface area contributed by atoms with Gasteiger partial charge in [0.25, 0.3) is 0 Å². The van der Waals surface area contributed by atoms with Gasteiger partial charge in [-0.25, -0.2) is 0 Å². The van der Waals surface area contributed by atoms with Crippen molar-refractivity contribution < 1.29 is 24.2 Å². The Bertz CT molecular complexity index is 392. The zero-order valence-corrected chi connectivity index (χ0v) is 9.63. The van der Waals surface area contributed by atoms with Gasteiger partial charge in [-0.1, -0.05) is 18.2 Å². The molecule has 2 heteroatoms. The number of benzene rings is 2. The molecule has 1 radical (unpaired) electrons. The van der Waals surface area contributed by atoms with Crippen molar-refractivity contribution >= 4 is 0 Å². The molecule has 1 nitrogen and oxygen atoms in total. The van der Waals surface area contributed by atoms with Gasteiger partial charge in [-0.3, -0.25) is 0 Å². The Morgan fingerprint density at radius 1 is 1.00 bits per heavy atom. The summed E-state index contributed by atoms with van der Waals surface area (Å²) in [6, 6.07) is 17.2. The minimum atomic E-state index is 0. The predicted octanol–water partition coefficient (Wildman–Crippen LogP) is 3.18. The van der Waals surface area contributed by atoms with Gasteiger partial charge in [0.2, 0.25) is 0 Å². The van der Waals surface area contributed by atoms with Crippen molar-refractivity contribution in [2.45, 2.75) is 6.42 Å². The maximum absolute atomic E-state index is 5.75. The van der Waals surface area contributed by atoms with Crippen LogP contribution in [0.15, 0.2) is 42.5 Å². The summed E-state index contributed by atoms with van der Waals surface area (Å²) >= 11 is 0. The van der Waals surface area contributed by atoms with Gasteiger partial charge < -0.3 is 4.74 Å². The Balaban J connectivity index is 0.000000853. The largest absolute Gasteiger partial charge is 0.516 e. The smallest absolute Gasteiger partial charge is 0.114 e. The van der Waals surface area contributed by atoms with Crippen LogP contribution >= 0.6 is 0 Å². The van der Waals surface area contributed by atoms with Gasteiger partial charge >= 0.3 is 0 Å². The van der Waals surface area contributed by atoms with Crippen LogP contribution in [0, 0.1) is 6.07 Å². The monoisotopic (exact) mass is 284 g/mol. The van der Waals surface area contributed by atoms with Crippen molar-refractivity contribution in [1.82, 2.24) is 0 Å². The number of fused-ring (bicyclic) bond motifs is 2. The number of ether oxygens (including phenoxy) is 1. The van der Waals surface area contributed by atoms with E-state index >= 15 is 0 Å². The van der Waals surface area contributed by atoms with Crippen LogP contribution in [0.4, 0.5) is 0 Å². The second kappa shape index (κ2) is 4.16. The minimum Gasteiger partial charge on any atom is -0.516 e.